The summed E-state index contributed by atoms with van der Waals surface area (Å²) in [6, 6.07) is 5.62. The Kier molecular flexibility index (Phi) is 4.52. The summed E-state index contributed by atoms with van der Waals surface area (Å²) >= 11 is 0. The molecule has 0 saturated carbocycles. The summed E-state index contributed by atoms with van der Waals surface area (Å²) in [6.45, 7) is 4.69. The number of hydrogen-bond donors (Lipinski definition) is 1. The number of ether oxygens (including phenoxy) is 1. The monoisotopic (exact) mass is 346 g/mol. The molecule has 2 saturated heterocycles. The van der Waals surface area contributed by atoms with Gasteiger partial charge in [0.2, 0.25) is 0 Å². The predicted octanol–water partition coefficient (Wildman–Crippen LogP) is 1.27. The number of hydrogen-bond acceptors (Lipinski definition) is 4. The van der Waals surface area contributed by atoms with Crippen LogP contribution in [0.5, 0.6) is 5.75 Å². The average molecular weight is 346 g/mol. The number of imide groups is 1. The molecule has 0 bridgehead atoms. The van der Waals surface area contributed by atoms with Gasteiger partial charge in [-0.2, -0.15) is 0 Å². The topological polar surface area (TPSA) is 82.2 Å². The zero-order valence-electron chi connectivity index (χ0n) is 14.6. The first-order valence-electron chi connectivity index (χ1n) is 8.26. The molecule has 2 aliphatic rings. The minimum Gasteiger partial charge on any atom is -0.497 e. The smallest absolute Gasteiger partial charge is 0.332 e. The van der Waals surface area contributed by atoms with E-state index in [0.29, 0.717) is 24.5 Å². The number of nitrogens with zero attached hydrogens (tertiary/aromatic N) is 3. The van der Waals surface area contributed by atoms with Crippen LogP contribution in [0.25, 0.3) is 0 Å². The summed E-state index contributed by atoms with van der Waals surface area (Å²) in [4.78, 5) is 41.9. The molecule has 0 aromatic heterocycles. The lowest BCUT2D eigenvalue weighted by atomic mass is 10.2. The Bertz CT molecular complexity index is 706. The van der Waals surface area contributed by atoms with Crippen molar-refractivity contribution in [3.8, 4) is 5.75 Å². The fourth-order valence-electron chi connectivity index (χ4n) is 3.10. The van der Waals surface area contributed by atoms with Crippen molar-refractivity contribution in [3.05, 3.63) is 24.3 Å². The van der Waals surface area contributed by atoms with Crippen LogP contribution in [0.1, 0.15) is 13.8 Å². The third-order valence-electron chi connectivity index (χ3n) is 4.33. The van der Waals surface area contributed by atoms with Gasteiger partial charge in [-0.15, -0.1) is 0 Å². The average Bonchev–Trinajstić information content (AvgIpc) is 2.85. The normalized spacial score (nSPS) is 20.2. The number of urea groups is 2. The van der Waals surface area contributed by atoms with E-state index in [0.717, 1.165) is 4.90 Å². The number of amides is 5. The fraction of sp³-hybridized carbons (Fsp3) is 0.471. The first-order valence-corrected chi connectivity index (χ1v) is 8.26. The zero-order chi connectivity index (χ0) is 18.1. The number of carbonyl (C=O) groups excluding carboxylic acids is 3. The van der Waals surface area contributed by atoms with Gasteiger partial charge in [0.15, 0.2) is 0 Å². The first kappa shape index (κ1) is 17.1. The van der Waals surface area contributed by atoms with E-state index in [9.17, 15) is 14.4 Å². The summed E-state index contributed by atoms with van der Waals surface area (Å²) in [5.74, 6) is 0.251. The van der Waals surface area contributed by atoms with Gasteiger partial charge < -0.3 is 19.9 Å². The molecular formula is C17H22N4O4. The van der Waals surface area contributed by atoms with Crippen molar-refractivity contribution in [2.75, 3.05) is 31.6 Å². The largest absolute Gasteiger partial charge is 0.497 e. The van der Waals surface area contributed by atoms with E-state index in [1.54, 1.807) is 29.2 Å². The van der Waals surface area contributed by atoms with E-state index in [4.69, 9.17) is 4.74 Å². The Morgan fingerprint density at radius 2 is 2.04 bits per heavy atom. The van der Waals surface area contributed by atoms with Crippen LogP contribution >= 0.6 is 0 Å². The second-order valence-corrected chi connectivity index (χ2v) is 6.42. The standard InChI is InChI=1S/C17H22N4O4/c1-11(2)18-16(23)19-7-8-20-14(10-19)15(22)21(17(20)24)12-5-4-6-13(9-12)25-3/h4-6,9,11,14H,7-8,10H2,1-3H3,(H,18,23). The molecule has 2 fully saturated rings. The molecule has 25 heavy (non-hydrogen) atoms. The van der Waals surface area contributed by atoms with Crippen LogP contribution in [0.2, 0.25) is 0 Å². The third kappa shape index (κ3) is 3.11. The molecule has 0 radical (unpaired) electrons. The molecule has 134 valence electrons. The van der Waals surface area contributed by atoms with E-state index in [1.807, 2.05) is 13.8 Å². The second kappa shape index (κ2) is 6.62. The van der Waals surface area contributed by atoms with Gasteiger partial charge in [-0.05, 0) is 26.0 Å². The number of fused-ring (bicyclic) bond motifs is 1. The molecule has 1 aromatic carbocycles. The van der Waals surface area contributed by atoms with Crippen LogP contribution in [0, 0.1) is 0 Å². The van der Waals surface area contributed by atoms with Crippen molar-refractivity contribution in [1.29, 1.82) is 0 Å². The molecular weight excluding hydrogens is 324 g/mol. The Morgan fingerprint density at radius 3 is 2.72 bits per heavy atom. The number of anilines is 1. The Balaban J connectivity index is 1.80. The number of benzene rings is 1. The number of carbonyl (C=O) groups is 3. The number of methoxy groups -OCH3 is 1. The highest BCUT2D eigenvalue weighted by atomic mass is 16.5. The minimum absolute atomic E-state index is 0.0136. The molecule has 0 aliphatic carbocycles. The highest BCUT2D eigenvalue weighted by Gasteiger charge is 2.49. The lowest BCUT2D eigenvalue weighted by Crippen LogP contribution is -2.57. The van der Waals surface area contributed by atoms with E-state index in [2.05, 4.69) is 5.32 Å². The molecule has 8 nitrogen and oxygen atoms in total. The number of nitrogens with one attached hydrogen (secondary N) is 1. The summed E-state index contributed by atoms with van der Waals surface area (Å²) in [5.41, 5.74) is 0.474. The molecule has 3 rings (SSSR count). The van der Waals surface area contributed by atoms with Crippen molar-refractivity contribution in [2.24, 2.45) is 0 Å². The highest BCUT2D eigenvalue weighted by Crippen LogP contribution is 2.29. The summed E-state index contributed by atoms with van der Waals surface area (Å²) in [5, 5.41) is 2.82. The van der Waals surface area contributed by atoms with Crippen molar-refractivity contribution < 1.29 is 19.1 Å². The van der Waals surface area contributed by atoms with Gasteiger partial charge in [0.25, 0.3) is 5.91 Å². The Morgan fingerprint density at radius 1 is 1.28 bits per heavy atom. The molecule has 1 aromatic rings. The maximum absolute atomic E-state index is 12.8. The summed E-state index contributed by atoms with van der Waals surface area (Å²) < 4.78 is 5.17. The molecule has 1 unspecified atom stereocenters. The molecule has 0 spiro atoms. The summed E-state index contributed by atoms with van der Waals surface area (Å²) in [7, 11) is 1.53. The molecule has 2 aliphatic heterocycles. The fourth-order valence-corrected chi connectivity index (χ4v) is 3.10. The lowest BCUT2D eigenvalue weighted by Gasteiger charge is -2.35. The van der Waals surface area contributed by atoms with Crippen LogP contribution in [-0.2, 0) is 4.79 Å². The van der Waals surface area contributed by atoms with E-state index in [-0.39, 0.29) is 30.6 Å². The Hall–Kier alpha value is -2.77. The molecule has 2 heterocycles. The van der Waals surface area contributed by atoms with Crippen molar-refractivity contribution in [1.82, 2.24) is 15.1 Å². The van der Waals surface area contributed by atoms with Gasteiger partial charge in [0.1, 0.15) is 11.8 Å². The third-order valence-corrected chi connectivity index (χ3v) is 4.33. The van der Waals surface area contributed by atoms with Crippen LogP contribution in [-0.4, -0.2) is 66.6 Å². The highest BCUT2D eigenvalue weighted by molar-refractivity contribution is 6.21. The van der Waals surface area contributed by atoms with E-state index >= 15 is 0 Å². The number of rotatable bonds is 3. The Labute approximate surface area is 146 Å². The van der Waals surface area contributed by atoms with Gasteiger partial charge in [0.05, 0.1) is 19.3 Å². The van der Waals surface area contributed by atoms with Crippen molar-refractivity contribution in [2.45, 2.75) is 25.9 Å². The molecule has 1 N–H and O–H groups in total. The van der Waals surface area contributed by atoms with Gasteiger partial charge in [-0.3, -0.25) is 4.79 Å². The van der Waals surface area contributed by atoms with Gasteiger partial charge in [-0.25, -0.2) is 14.5 Å². The quantitative estimate of drug-likeness (QED) is 0.836. The van der Waals surface area contributed by atoms with Crippen LogP contribution in [0.15, 0.2) is 24.3 Å². The predicted molar refractivity (Wildman–Crippen MR) is 91.6 cm³/mol. The van der Waals surface area contributed by atoms with E-state index in [1.165, 1.54) is 12.0 Å². The SMILES string of the molecule is COc1cccc(N2C(=O)C3CN(C(=O)NC(C)C)CCN3C2=O)c1. The maximum atomic E-state index is 12.8. The number of piperazine rings is 1. The van der Waals surface area contributed by atoms with Gasteiger partial charge in [-0.1, -0.05) is 6.07 Å². The van der Waals surface area contributed by atoms with Crippen molar-refractivity contribution in [3.63, 3.8) is 0 Å². The van der Waals surface area contributed by atoms with Crippen molar-refractivity contribution >= 4 is 23.7 Å². The second-order valence-electron chi connectivity index (χ2n) is 6.42. The maximum Gasteiger partial charge on any atom is 0.332 e. The zero-order valence-corrected chi connectivity index (χ0v) is 14.6. The first-order chi connectivity index (χ1) is 11.9. The molecule has 8 heteroatoms. The lowest BCUT2D eigenvalue weighted by molar-refractivity contribution is -0.120. The van der Waals surface area contributed by atoms with Crippen LogP contribution in [0.4, 0.5) is 15.3 Å². The van der Waals surface area contributed by atoms with Crippen LogP contribution in [0.3, 0.4) is 0 Å². The van der Waals surface area contributed by atoms with E-state index < -0.39 is 6.04 Å². The summed E-state index contributed by atoms with van der Waals surface area (Å²) in [6.07, 6.45) is 0. The van der Waals surface area contributed by atoms with Gasteiger partial charge in [0, 0.05) is 25.2 Å². The van der Waals surface area contributed by atoms with Crippen LogP contribution < -0.4 is 15.0 Å². The molecule has 1 atom stereocenters. The van der Waals surface area contributed by atoms with Gasteiger partial charge >= 0.3 is 12.1 Å². The minimum atomic E-state index is -0.648. The molecule has 5 amide bonds.